The zero-order valence-corrected chi connectivity index (χ0v) is 21.1. The Hall–Kier alpha value is -3.24. The van der Waals surface area contributed by atoms with E-state index in [1.54, 1.807) is 0 Å². The van der Waals surface area contributed by atoms with Crippen LogP contribution < -0.4 is 0 Å². The predicted octanol–water partition coefficient (Wildman–Crippen LogP) is 3.92. The summed E-state index contributed by atoms with van der Waals surface area (Å²) in [4.78, 5) is 39.8. The van der Waals surface area contributed by atoms with Gasteiger partial charge in [-0.1, -0.05) is 6.07 Å². The van der Waals surface area contributed by atoms with Crippen molar-refractivity contribution in [2.45, 2.75) is 37.3 Å². The van der Waals surface area contributed by atoms with Crippen molar-refractivity contribution in [3.8, 4) is 0 Å². The van der Waals surface area contributed by atoms with Crippen molar-refractivity contribution in [2.24, 2.45) is 0 Å². The minimum absolute atomic E-state index is 0.150. The number of alkyl halides is 6. The van der Waals surface area contributed by atoms with Crippen LogP contribution in [0.5, 0.6) is 0 Å². The summed E-state index contributed by atoms with van der Waals surface area (Å²) in [5, 5.41) is 16.2. The van der Waals surface area contributed by atoms with Crippen molar-refractivity contribution < 1.29 is 55.7 Å². The van der Waals surface area contributed by atoms with Gasteiger partial charge < -0.3 is 19.8 Å². The van der Waals surface area contributed by atoms with Gasteiger partial charge in [0.15, 0.2) is 0 Å². The lowest BCUT2D eigenvalue weighted by atomic mass is 9.89. The number of ether oxygens (including phenoxy) is 1. The number of likely N-dealkylation sites (tertiary alicyclic amines) is 1. The van der Waals surface area contributed by atoms with Crippen LogP contribution in [0.1, 0.15) is 28.1 Å². The van der Waals surface area contributed by atoms with E-state index in [0.29, 0.717) is 19.7 Å². The molecule has 2 aromatic rings. The fourth-order valence-electron chi connectivity index (χ4n) is 3.74. The van der Waals surface area contributed by atoms with Crippen LogP contribution in [0.2, 0.25) is 0 Å². The van der Waals surface area contributed by atoms with E-state index in [-0.39, 0.29) is 11.5 Å². The molecule has 2 aromatic heterocycles. The average molecular weight is 586 g/mol. The summed E-state index contributed by atoms with van der Waals surface area (Å²) >= 11 is 1.52. The van der Waals surface area contributed by atoms with E-state index in [1.807, 2.05) is 34.8 Å². The molecule has 39 heavy (non-hydrogen) atoms. The van der Waals surface area contributed by atoms with Crippen molar-refractivity contribution in [1.29, 1.82) is 0 Å². The molecule has 2 fully saturated rings. The average Bonchev–Trinajstić information content (AvgIpc) is 3.41. The number of carboxylic acids is 2. The number of morpholine rings is 1. The van der Waals surface area contributed by atoms with Gasteiger partial charge in [0.05, 0.1) is 23.6 Å². The summed E-state index contributed by atoms with van der Waals surface area (Å²) in [5.74, 6) is -5.36. The first-order valence-electron chi connectivity index (χ1n) is 11.3. The van der Waals surface area contributed by atoms with Crippen LogP contribution >= 0.6 is 11.3 Å². The molecule has 0 atom stereocenters. The van der Waals surface area contributed by atoms with Gasteiger partial charge in [-0.25, -0.2) is 9.59 Å². The third kappa shape index (κ3) is 10.4. The summed E-state index contributed by atoms with van der Waals surface area (Å²) in [6.45, 7) is 5.01. The molecule has 0 aromatic carbocycles. The Kier molecular flexibility index (Phi) is 11.2. The van der Waals surface area contributed by atoms with Gasteiger partial charge >= 0.3 is 24.3 Å². The summed E-state index contributed by atoms with van der Waals surface area (Å²) in [5.41, 5.74) is 1.13. The van der Waals surface area contributed by atoms with Gasteiger partial charge in [-0.2, -0.15) is 26.3 Å². The quantitative estimate of drug-likeness (QED) is 0.521. The maximum absolute atomic E-state index is 12.7. The number of thiophene rings is 1. The van der Waals surface area contributed by atoms with Gasteiger partial charge in [-0.05, 0) is 42.0 Å². The van der Waals surface area contributed by atoms with E-state index in [4.69, 9.17) is 24.5 Å². The minimum atomic E-state index is -5.08. The van der Waals surface area contributed by atoms with Crippen LogP contribution in [0.15, 0.2) is 42.0 Å². The van der Waals surface area contributed by atoms with E-state index in [9.17, 15) is 31.1 Å². The first kappa shape index (κ1) is 32.0. The fraction of sp³-hybridized carbons (Fsp3) is 0.478. The van der Waals surface area contributed by atoms with E-state index >= 15 is 0 Å². The Morgan fingerprint density at radius 1 is 0.949 bits per heavy atom. The molecular formula is C23H25F6N3O6S. The molecule has 4 heterocycles. The highest BCUT2D eigenvalue weighted by molar-refractivity contribution is 7.12. The lowest BCUT2D eigenvalue weighted by molar-refractivity contribution is -0.193. The van der Waals surface area contributed by atoms with Crippen molar-refractivity contribution in [2.75, 3.05) is 32.8 Å². The number of aliphatic carboxylic acids is 2. The second-order valence-electron chi connectivity index (χ2n) is 8.47. The summed E-state index contributed by atoms with van der Waals surface area (Å²) in [6, 6.07) is 7.99. The highest BCUT2D eigenvalue weighted by atomic mass is 32.1. The lowest BCUT2D eigenvalue weighted by Crippen LogP contribution is -2.57. The number of halogens is 6. The number of pyridine rings is 1. The number of rotatable bonds is 3. The Morgan fingerprint density at radius 2 is 1.49 bits per heavy atom. The Balaban J connectivity index is 0.000000317. The largest absolute Gasteiger partial charge is 0.490 e. The van der Waals surface area contributed by atoms with Gasteiger partial charge in [0.2, 0.25) is 0 Å². The van der Waals surface area contributed by atoms with Crippen molar-refractivity contribution in [3.63, 3.8) is 0 Å². The number of carboxylic acid groups (broad SMARTS) is 2. The maximum atomic E-state index is 12.7. The number of piperidine rings is 1. The number of nitrogens with zero attached hydrogens (tertiary/aromatic N) is 3. The number of carbonyl (C=O) groups excluding carboxylic acids is 1. The third-order valence-corrected chi connectivity index (χ3v) is 6.53. The highest BCUT2D eigenvalue weighted by Gasteiger charge is 2.41. The SMILES string of the molecule is O=C(O)C(F)(F)F.O=C(O)C(F)(F)F.O=C(c1cccs1)N1CCOC2(CCN(Cc3ccncc3)CC2)C1. The molecule has 216 valence electrons. The van der Waals surface area contributed by atoms with Gasteiger partial charge in [-0.15, -0.1) is 11.3 Å². The molecule has 2 aliphatic rings. The Morgan fingerprint density at radius 3 is 1.95 bits per heavy atom. The fourth-order valence-corrected chi connectivity index (χ4v) is 4.43. The first-order valence-corrected chi connectivity index (χ1v) is 12.2. The normalized spacial score (nSPS) is 17.3. The van der Waals surface area contributed by atoms with Crippen LogP contribution in [-0.4, -0.2) is 93.6 Å². The molecule has 1 amide bonds. The van der Waals surface area contributed by atoms with Crippen molar-refractivity contribution >= 4 is 29.2 Å². The van der Waals surface area contributed by atoms with Crippen LogP contribution in [0.4, 0.5) is 26.3 Å². The minimum Gasteiger partial charge on any atom is -0.475 e. The molecule has 9 nitrogen and oxygen atoms in total. The smallest absolute Gasteiger partial charge is 0.475 e. The van der Waals surface area contributed by atoms with Crippen LogP contribution in [0, 0.1) is 0 Å². The molecule has 2 saturated heterocycles. The van der Waals surface area contributed by atoms with E-state index < -0.39 is 24.3 Å². The molecule has 0 unspecified atom stereocenters. The third-order valence-electron chi connectivity index (χ3n) is 5.68. The Bertz CT molecular complexity index is 1050. The standard InChI is InChI=1S/C19H23N3O2S.2C2HF3O2/c23-18(17-2-1-13-25-17)22-11-12-24-19(15-22)5-9-21(10-6-19)14-16-3-7-20-8-4-16;2*3-2(4,5)1(6)7/h1-4,7-8,13H,5-6,9-12,14-15H2;2*(H,6,7). The zero-order chi connectivity index (χ0) is 29.3. The molecule has 4 rings (SSSR count). The number of hydrogen-bond acceptors (Lipinski definition) is 7. The topological polar surface area (TPSA) is 120 Å². The van der Waals surface area contributed by atoms with Crippen LogP contribution in [-0.2, 0) is 20.9 Å². The summed E-state index contributed by atoms with van der Waals surface area (Å²) < 4.78 is 69.6. The molecule has 1 spiro atoms. The van der Waals surface area contributed by atoms with Crippen LogP contribution in [0.25, 0.3) is 0 Å². The van der Waals surface area contributed by atoms with Gasteiger partial charge in [-0.3, -0.25) is 14.7 Å². The second-order valence-corrected chi connectivity index (χ2v) is 9.42. The number of aromatic nitrogens is 1. The summed E-state index contributed by atoms with van der Waals surface area (Å²) in [7, 11) is 0. The predicted molar refractivity (Wildman–Crippen MR) is 125 cm³/mol. The van der Waals surface area contributed by atoms with Gasteiger partial charge in [0, 0.05) is 38.6 Å². The molecule has 0 bridgehead atoms. The van der Waals surface area contributed by atoms with E-state index in [2.05, 4.69) is 22.0 Å². The zero-order valence-electron chi connectivity index (χ0n) is 20.2. The first-order chi connectivity index (χ1) is 18.1. The van der Waals surface area contributed by atoms with E-state index in [0.717, 1.165) is 37.4 Å². The summed E-state index contributed by atoms with van der Waals surface area (Å²) in [6.07, 6.45) is -4.52. The van der Waals surface area contributed by atoms with Crippen molar-refractivity contribution in [1.82, 2.24) is 14.8 Å². The lowest BCUT2D eigenvalue weighted by Gasteiger charge is -2.47. The molecule has 2 aliphatic heterocycles. The van der Waals surface area contributed by atoms with Gasteiger partial charge in [0.1, 0.15) is 0 Å². The number of hydrogen-bond donors (Lipinski definition) is 2. The molecule has 0 aliphatic carbocycles. The highest BCUT2D eigenvalue weighted by Crippen LogP contribution is 2.31. The second kappa shape index (κ2) is 13.7. The van der Waals surface area contributed by atoms with Crippen LogP contribution in [0.3, 0.4) is 0 Å². The molecule has 16 heteroatoms. The number of carbonyl (C=O) groups is 3. The van der Waals surface area contributed by atoms with Gasteiger partial charge in [0.25, 0.3) is 5.91 Å². The molecule has 0 radical (unpaired) electrons. The molecular weight excluding hydrogens is 560 g/mol. The number of amides is 1. The maximum Gasteiger partial charge on any atom is 0.490 e. The Labute approximate surface area is 222 Å². The van der Waals surface area contributed by atoms with E-state index in [1.165, 1.54) is 16.9 Å². The van der Waals surface area contributed by atoms with Crippen molar-refractivity contribution in [3.05, 3.63) is 52.5 Å². The molecule has 2 N–H and O–H groups in total. The monoisotopic (exact) mass is 585 g/mol. The molecule has 0 saturated carbocycles.